The van der Waals surface area contributed by atoms with Gasteiger partial charge in [0.25, 0.3) is 0 Å². The molecule has 2 N–H and O–H groups in total. The normalized spacial score (nSPS) is 15.9. The summed E-state index contributed by atoms with van der Waals surface area (Å²) >= 11 is 3.50. The highest BCUT2D eigenvalue weighted by Crippen LogP contribution is 2.23. The molecule has 2 aromatic rings. The molecular weight excluding hydrogens is 266 g/mol. The van der Waals surface area contributed by atoms with Crippen molar-refractivity contribution in [1.82, 2.24) is 15.3 Å². The lowest BCUT2D eigenvalue weighted by molar-refractivity contribution is 0.665. The van der Waals surface area contributed by atoms with Crippen LogP contribution < -0.4 is 5.32 Å². The zero-order valence-electron chi connectivity index (χ0n) is 9.18. The quantitative estimate of drug-likeness (QED) is 0.907. The van der Waals surface area contributed by atoms with Crippen molar-refractivity contribution in [2.45, 2.75) is 32.4 Å². The number of aryl methyl sites for hydroxylation is 1. The van der Waals surface area contributed by atoms with Crippen LogP contribution in [0.5, 0.6) is 0 Å². The second-order valence-electron chi connectivity index (χ2n) is 4.46. The second kappa shape index (κ2) is 3.86. The first-order valence-electron chi connectivity index (χ1n) is 5.60. The summed E-state index contributed by atoms with van der Waals surface area (Å²) in [5.41, 5.74) is 3.40. The first-order chi connectivity index (χ1) is 7.72. The summed E-state index contributed by atoms with van der Waals surface area (Å²) in [6, 6.07) is 4.90. The Morgan fingerprint density at radius 1 is 1.50 bits per heavy atom. The van der Waals surface area contributed by atoms with Crippen molar-refractivity contribution in [1.29, 1.82) is 0 Å². The molecule has 4 heteroatoms. The third-order valence-electron chi connectivity index (χ3n) is 2.93. The maximum absolute atomic E-state index is 4.61. The Labute approximate surface area is 103 Å². The molecule has 1 aliphatic carbocycles. The van der Waals surface area contributed by atoms with Gasteiger partial charge in [0.15, 0.2) is 0 Å². The fourth-order valence-electron chi connectivity index (χ4n) is 1.91. The van der Waals surface area contributed by atoms with E-state index in [1.807, 2.05) is 0 Å². The zero-order valence-corrected chi connectivity index (χ0v) is 10.8. The predicted molar refractivity (Wildman–Crippen MR) is 68.4 cm³/mol. The predicted octanol–water partition coefficient (Wildman–Crippen LogP) is 2.89. The van der Waals surface area contributed by atoms with Gasteiger partial charge in [0, 0.05) is 10.5 Å². The molecule has 0 saturated heterocycles. The number of hydrogen-bond donors (Lipinski definition) is 2. The van der Waals surface area contributed by atoms with E-state index in [0.717, 1.165) is 33.9 Å². The Bertz CT molecular complexity index is 528. The second-order valence-corrected chi connectivity index (χ2v) is 5.37. The van der Waals surface area contributed by atoms with Gasteiger partial charge >= 0.3 is 0 Å². The number of aromatic nitrogens is 2. The lowest BCUT2D eigenvalue weighted by Crippen LogP contribution is -2.16. The Morgan fingerprint density at radius 2 is 2.31 bits per heavy atom. The Morgan fingerprint density at radius 3 is 3.06 bits per heavy atom. The van der Waals surface area contributed by atoms with Crippen molar-refractivity contribution in [2.75, 3.05) is 0 Å². The molecule has 1 aromatic heterocycles. The number of rotatable bonds is 3. The summed E-state index contributed by atoms with van der Waals surface area (Å²) in [5, 5.41) is 3.46. The van der Waals surface area contributed by atoms with Gasteiger partial charge in [-0.05, 0) is 37.5 Å². The molecule has 84 valence electrons. The fraction of sp³-hybridized carbons (Fsp3) is 0.417. The Balaban J connectivity index is 1.91. The van der Waals surface area contributed by atoms with Gasteiger partial charge in [0.1, 0.15) is 5.82 Å². The van der Waals surface area contributed by atoms with E-state index in [1.54, 1.807) is 0 Å². The smallest absolute Gasteiger partial charge is 0.121 e. The largest absolute Gasteiger partial charge is 0.341 e. The maximum Gasteiger partial charge on any atom is 0.121 e. The average Bonchev–Trinajstić information content (AvgIpc) is 2.96. The summed E-state index contributed by atoms with van der Waals surface area (Å²) in [4.78, 5) is 7.97. The molecular formula is C12H14BrN3. The van der Waals surface area contributed by atoms with Crippen LogP contribution in [0.3, 0.4) is 0 Å². The molecule has 0 radical (unpaired) electrons. The van der Waals surface area contributed by atoms with E-state index in [-0.39, 0.29) is 0 Å². The van der Waals surface area contributed by atoms with Crippen LogP contribution in [0.25, 0.3) is 11.0 Å². The lowest BCUT2D eigenvalue weighted by atomic mass is 10.2. The van der Waals surface area contributed by atoms with Crippen LogP contribution in [0.1, 0.15) is 24.2 Å². The summed E-state index contributed by atoms with van der Waals surface area (Å²) in [6.07, 6.45) is 2.62. The van der Waals surface area contributed by atoms with Crippen LogP contribution in [-0.4, -0.2) is 16.0 Å². The van der Waals surface area contributed by atoms with E-state index in [4.69, 9.17) is 0 Å². The van der Waals surface area contributed by atoms with Gasteiger partial charge < -0.3 is 10.3 Å². The molecule has 0 unspecified atom stereocenters. The summed E-state index contributed by atoms with van der Waals surface area (Å²) in [6.45, 7) is 2.93. The molecule has 16 heavy (non-hydrogen) atoms. The van der Waals surface area contributed by atoms with Crippen LogP contribution in [-0.2, 0) is 6.54 Å². The molecule has 0 bridgehead atoms. The van der Waals surface area contributed by atoms with Gasteiger partial charge in [0.2, 0.25) is 0 Å². The molecule has 0 atom stereocenters. The molecule has 1 aliphatic rings. The summed E-state index contributed by atoms with van der Waals surface area (Å²) in [5.74, 6) is 1.03. The number of benzene rings is 1. The van der Waals surface area contributed by atoms with Crippen LogP contribution in [0.2, 0.25) is 0 Å². The lowest BCUT2D eigenvalue weighted by Gasteiger charge is -1.96. The minimum absolute atomic E-state index is 0.723. The van der Waals surface area contributed by atoms with Crippen molar-refractivity contribution in [3.63, 3.8) is 0 Å². The van der Waals surface area contributed by atoms with Gasteiger partial charge in [-0.1, -0.05) is 15.9 Å². The van der Waals surface area contributed by atoms with Crippen molar-refractivity contribution < 1.29 is 0 Å². The van der Waals surface area contributed by atoms with E-state index >= 15 is 0 Å². The number of nitrogens with zero attached hydrogens (tertiary/aromatic N) is 1. The first kappa shape index (κ1) is 10.3. The topological polar surface area (TPSA) is 40.7 Å². The number of aromatic amines is 1. The van der Waals surface area contributed by atoms with Crippen molar-refractivity contribution in [3.05, 3.63) is 28.0 Å². The molecule has 1 saturated carbocycles. The van der Waals surface area contributed by atoms with Gasteiger partial charge in [-0.15, -0.1) is 0 Å². The highest BCUT2D eigenvalue weighted by atomic mass is 79.9. The van der Waals surface area contributed by atoms with E-state index in [1.165, 1.54) is 18.4 Å². The molecule has 1 aromatic carbocycles. The number of halogens is 1. The van der Waals surface area contributed by atoms with Crippen LogP contribution in [0.4, 0.5) is 0 Å². The summed E-state index contributed by atoms with van der Waals surface area (Å²) < 4.78 is 1.10. The van der Waals surface area contributed by atoms with E-state index in [0.29, 0.717) is 0 Å². The van der Waals surface area contributed by atoms with E-state index < -0.39 is 0 Å². The number of nitrogens with one attached hydrogen (secondary N) is 2. The maximum atomic E-state index is 4.61. The Hall–Kier alpha value is -0.870. The van der Waals surface area contributed by atoms with Gasteiger partial charge in [-0.3, -0.25) is 0 Å². The summed E-state index contributed by atoms with van der Waals surface area (Å²) in [7, 11) is 0. The Kier molecular flexibility index (Phi) is 2.48. The van der Waals surface area contributed by atoms with Gasteiger partial charge in [-0.2, -0.15) is 0 Å². The zero-order chi connectivity index (χ0) is 11.1. The van der Waals surface area contributed by atoms with Crippen LogP contribution in [0.15, 0.2) is 16.6 Å². The van der Waals surface area contributed by atoms with Crippen molar-refractivity contribution in [3.8, 4) is 0 Å². The number of fused-ring (bicyclic) bond motifs is 1. The number of imidazole rings is 1. The molecule has 0 aliphatic heterocycles. The fourth-order valence-corrected chi connectivity index (χ4v) is 2.48. The highest BCUT2D eigenvalue weighted by molar-refractivity contribution is 9.10. The highest BCUT2D eigenvalue weighted by Gasteiger charge is 2.20. The molecule has 0 amide bonds. The van der Waals surface area contributed by atoms with Gasteiger partial charge in [-0.25, -0.2) is 4.98 Å². The number of H-pyrrole nitrogens is 1. The van der Waals surface area contributed by atoms with E-state index in [9.17, 15) is 0 Å². The van der Waals surface area contributed by atoms with E-state index in [2.05, 4.69) is 50.3 Å². The molecule has 3 rings (SSSR count). The monoisotopic (exact) mass is 279 g/mol. The van der Waals surface area contributed by atoms with Crippen molar-refractivity contribution >= 4 is 27.0 Å². The van der Waals surface area contributed by atoms with Crippen LogP contribution >= 0.6 is 15.9 Å². The SMILES string of the molecule is Cc1cc(Br)cc2[nH]c(CNC3CC3)nc12. The molecule has 3 nitrogen and oxygen atoms in total. The standard InChI is InChI=1S/C12H14BrN3/c1-7-4-8(13)5-10-12(7)16-11(15-10)6-14-9-2-3-9/h4-5,9,14H,2-3,6H2,1H3,(H,15,16). The van der Waals surface area contributed by atoms with Crippen molar-refractivity contribution in [2.24, 2.45) is 0 Å². The minimum atomic E-state index is 0.723. The number of hydrogen-bond acceptors (Lipinski definition) is 2. The molecule has 1 heterocycles. The third kappa shape index (κ3) is 1.99. The van der Waals surface area contributed by atoms with Crippen LogP contribution in [0, 0.1) is 6.92 Å². The average molecular weight is 280 g/mol. The molecule has 0 spiro atoms. The third-order valence-corrected chi connectivity index (χ3v) is 3.38. The molecule has 1 fully saturated rings. The first-order valence-corrected chi connectivity index (χ1v) is 6.40. The van der Waals surface area contributed by atoms with Gasteiger partial charge in [0.05, 0.1) is 17.6 Å². The minimum Gasteiger partial charge on any atom is -0.341 e.